The lowest BCUT2D eigenvalue weighted by molar-refractivity contribution is -0.422. The predicted molar refractivity (Wildman–Crippen MR) is 318 cm³/mol. The molecule has 6 aliphatic rings. The first-order chi connectivity index (χ1) is 42.3. The lowest BCUT2D eigenvalue weighted by Gasteiger charge is -2.64. The number of fused-ring (bicyclic) bond motifs is 9. The van der Waals surface area contributed by atoms with Gasteiger partial charge in [0.1, 0.15) is 36.1 Å². The Morgan fingerprint density at radius 1 is 0.966 bits per heavy atom. The molecular formula is C65H74N6O17. The number of carboxylic acid groups (broad SMARTS) is 1. The van der Waals surface area contributed by atoms with Gasteiger partial charge in [-0.05, 0) is 110 Å². The number of aromatic amines is 1. The van der Waals surface area contributed by atoms with Gasteiger partial charge < -0.3 is 91.6 Å². The number of aromatic hydroxyl groups is 4. The monoisotopic (exact) mass is 1210 g/mol. The molecule has 11 rings (SSSR count). The van der Waals surface area contributed by atoms with Crippen LogP contribution < -0.4 is 20.7 Å². The number of aliphatic hydroxyl groups is 7. The number of aliphatic carboxylic acids is 1. The maximum absolute atomic E-state index is 15.9. The van der Waals surface area contributed by atoms with E-state index in [-0.39, 0.29) is 48.7 Å². The fourth-order valence-electron chi connectivity index (χ4n) is 15.6. The number of rotatable bonds is 20. The van der Waals surface area contributed by atoms with E-state index in [0.29, 0.717) is 91.7 Å². The Labute approximate surface area is 506 Å². The number of amides is 1. The SMILES string of the molecule is NC(=NCc1ccccc1)NCCCC(O)C1C=CC2(C34c5c(O)cccc5CCC3CCCC4CO)C(=CC3(C(=O)O)C2c2c(cc(OC4(O)OC(CO)C(O)C(O)C4O)c(O)c2O)N3C(=O)C=Cc2ccc(O)c(Cc3[nH]cnc3CCC=O)c2)C1. The summed E-state index contributed by atoms with van der Waals surface area (Å²) >= 11 is 0. The summed E-state index contributed by atoms with van der Waals surface area (Å²) < 4.78 is 11.2. The molecule has 4 aliphatic carbocycles. The molecular weight excluding hydrogens is 1140 g/mol. The lowest BCUT2D eigenvalue weighted by atomic mass is 9.38. The highest BCUT2D eigenvalue weighted by Gasteiger charge is 2.78. The molecule has 1 amide bonds. The number of phenolic OH excluding ortho intramolecular Hbond substituents is 4. The smallest absolute Gasteiger partial charge is 0.355 e. The van der Waals surface area contributed by atoms with Crippen LogP contribution in [0.15, 0.2) is 114 Å². The van der Waals surface area contributed by atoms with Crippen molar-refractivity contribution < 1.29 is 85.1 Å². The Hall–Kier alpha value is -8.13. The Bertz CT molecular complexity index is 3590. The Kier molecular flexibility index (Phi) is 17.1. The summed E-state index contributed by atoms with van der Waals surface area (Å²) in [5.74, 6) is -12.7. The number of benzene rings is 4. The highest BCUT2D eigenvalue weighted by Crippen LogP contribution is 2.78. The van der Waals surface area contributed by atoms with Gasteiger partial charge in [0.2, 0.25) is 5.75 Å². The van der Waals surface area contributed by atoms with Crippen LogP contribution in [0.25, 0.3) is 6.08 Å². The number of hydrogen-bond acceptors (Lipinski definition) is 18. The number of aliphatic hydroxyl groups excluding tert-OH is 6. The molecule has 3 heterocycles. The van der Waals surface area contributed by atoms with Gasteiger partial charge in [0.05, 0.1) is 37.0 Å². The quantitative estimate of drug-likeness (QED) is 0.00775. The zero-order valence-electron chi connectivity index (χ0n) is 48.1. The first-order valence-electron chi connectivity index (χ1n) is 29.7. The average molecular weight is 1210 g/mol. The van der Waals surface area contributed by atoms with Crippen LogP contribution in [0.2, 0.25) is 0 Å². The number of nitrogens with zero attached hydrogens (tertiary/aromatic N) is 3. The highest BCUT2D eigenvalue weighted by atomic mass is 16.8. The van der Waals surface area contributed by atoms with Crippen molar-refractivity contribution in [2.45, 2.75) is 131 Å². The number of allylic oxidation sites excluding steroid dienone is 2. The van der Waals surface area contributed by atoms with Crippen molar-refractivity contribution in [2.24, 2.45) is 33.9 Å². The molecule has 23 nitrogen and oxygen atoms in total. The summed E-state index contributed by atoms with van der Waals surface area (Å²) in [5.41, 5.74) is 4.24. The van der Waals surface area contributed by atoms with Gasteiger partial charge in [-0.25, -0.2) is 14.8 Å². The van der Waals surface area contributed by atoms with E-state index >= 15 is 9.59 Å². The van der Waals surface area contributed by atoms with E-state index in [2.05, 4.69) is 20.3 Å². The molecule has 2 fully saturated rings. The second-order valence-corrected chi connectivity index (χ2v) is 24.0. The van der Waals surface area contributed by atoms with E-state index in [1.807, 2.05) is 42.5 Å². The molecule has 5 aromatic rings. The Morgan fingerprint density at radius 3 is 2.51 bits per heavy atom. The summed E-state index contributed by atoms with van der Waals surface area (Å²) in [6.45, 7) is -0.772. The van der Waals surface area contributed by atoms with E-state index in [9.17, 15) is 66.1 Å². The predicted octanol–water partition coefficient (Wildman–Crippen LogP) is 3.46. The molecule has 13 unspecified atom stereocenters. The Balaban J connectivity index is 1.08. The second kappa shape index (κ2) is 24.4. The third-order valence-corrected chi connectivity index (χ3v) is 19.3. The molecule has 466 valence electrons. The fourth-order valence-corrected chi connectivity index (χ4v) is 15.6. The molecule has 1 saturated heterocycles. The molecule has 23 heteroatoms. The van der Waals surface area contributed by atoms with Crippen LogP contribution in [0.4, 0.5) is 5.69 Å². The zero-order valence-corrected chi connectivity index (χ0v) is 48.1. The van der Waals surface area contributed by atoms with Gasteiger partial charge in [0.25, 0.3) is 5.91 Å². The number of aryl methyl sites for hydroxylation is 2. The number of ether oxygens (including phenoxy) is 2. The summed E-state index contributed by atoms with van der Waals surface area (Å²) in [6.07, 6.45) is 4.16. The van der Waals surface area contributed by atoms with Gasteiger partial charge in [-0.1, -0.05) is 72.7 Å². The second-order valence-electron chi connectivity index (χ2n) is 24.0. The van der Waals surface area contributed by atoms with Gasteiger partial charge in [-0.2, -0.15) is 0 Å². The number of aromatic nitrogens is 2. The van der Waals surface area contributed by atoms with Gasteiger partial charge >= 0.3 is 11.9 Å². The van der Waals surface area contributed by atoms with Crippen molar-refractivity contribution in [3.8, 4) is 28.7 Å². The molecule has 1 aromatic heterocycles. The molecule has 88 heavy (non-hydrogen) atoms. The zero-order chi connectivity index (χ0) is 62.5. The van der Waals surface area contributed by atoms with E-state index < -0.39 is 125 Å². The first kappa shape index (κ1) is 61.5. The largest absolute Gasteiger partial charge is 0.508 e. The number of carbonyl (C=O) groups excluding carboxylic acids is 2. The van der Waals surface area contributed by atoms with E-state index in [1.54, 1.807) is 18.2 Å². The van der Waals surface area contributed by atoms with Crippen LogP contribution in [0.3, 0.4) is 0 Å². The van der Waals surface area contributed by atoms with Crippen LogP contribution in [0, 0.1) is 23.2 Å². The topological polar surface area (TPSA) is 395 Å². The van der Waals surface area contributed by atoms with Crippen molar-refractivity contribution in [1.29, 1.82) is 0 Å². The summed E-state index contributed by atoms with van der Waals surface area (Å²) in [6, 6.07) is 20.2. The number of nitrogens with one attached hydrogen (secondary N) is 2. The van der Waals surface area contributed by atoms with Crippen molar-refractivity contribution in [3.05, 3.63) is 154 Å². The van der Waals surface area contributed by atoms with E-state index in [4.69, 9.17) is 15.2 Å². The van der Waals surface area contributed by atoms with Gasteiger partial charge in [-0.15, -0.1) is 0 Å². The average Bonchev–Trinajstić information content (AvgIpc) is 1.43. The van der Waals surface area contributed by atoms with Crippen molar-refractivity contribution in [1.82, 2.24) is 15.3 Å². The highest BCUT2D eigenvalue weighted by molar-refractivity contribution is 6.14. The molecule has 0 bridgehead atoms. The minimum Gasteiger partial charge on any atom is -0.508 e. The minimum absolute atomic E-state index is 0.0279. The number of phenols is 4. The number of imidazole rings is 1. The molecule has 16 N–H and O–H groups in total. The van der Waals surface area contributed by atoms with Crippen molar-refractivity contribution in [3.63, 3.8) is 0 Å². The fraction of sp³-hybridized carbons (Fsp3) is 0.431. The first-order valence-corrected chi connectivity index (χ1v) is 29.7. The third kappa shape index (κ3) is 10.2. The van der Waals surface area contributed by atoms with Crippen LogP contribution >= 0.6 is 0 Å². The van der Waals surface area contributed by atoms with Gasteiger partial charge in [0, 0.05) is 83.2 Å². The minimum atomic E-state index is -3.39. The van der Waals surface area contributed by atoms with Crippen LogP contribution in [-0.2, 0) is 50.3 Å². The maximum Gasteiger partial charge on any atom is 0.355 e. The maximum atomic E-state index is 15.9. The van der Waals surface area contributed by atoms with E-state index in [1.165, 1.54) is 36.7 Å². The normalized spacial score (nSPS) is 30.0. The third-order valence-electron chi connectivity index (χ3n) is 19.3. The summed E-state index contributed by atoms with van der Waals surface area (Å²) in [5, 5.41) is 143. The number of guanidine groups is 1. The number of anilines is 1. The standard InChI is InChI=1S/C65H74N6O17/c66-61(68-31-36-8-2-1-3-9-36)67-24-6-15-46(75)38-22-23-62(64-40(11-5-12-41(64)32-73)19-18-37-10-4-14-48(77)53(37)64)42(27-38)30-63(60(84)85)58(62)52-45(29-49(54(79)56(52)81)87-65(86)59(83)57(82)55(80)50(33-74)88-65)71(63)51(78)21-17-35-16-20-47(76)39(26-35)28-44-43(13-7-25-72)69-34-70-44/h1-4,8-10,14,16-17,20-23,25-26,29-30,34,38,40-41,46,50,55,57-59,73-77,79-83,86H,5-7,11-13,15,18-19,24,27-28,31-33H2,(H,69,70)(H,84,85)(H3,66,67,68). The molecule has 4 aromatic carbocycles. The number of aliphatic imine (C=N–C) groups is 1. The number of H-pyrrole nitrogens is 1. The van der Waals surface area contributed by atoms with Crippen LogP contribution in [0.5, 0.6) is 28.7 Å². The molecule has 0 radical (unpaired) electrons. The molecule has 2 aliphatic heterocycles. The summed E-state index contributed by atoms with van der Waals surface area (Å²) in [4.78, 5) is 55.2. The number of hydrogen-bond donors (Lipinski definition) is 15. The Morgan fingerprint density at radius 2 is 1.76 bits per heavy atom. The van der Waals surface area contributed by atoms with E-state index in [0.717, 1.165) is 34.5 Å². The van der Waals surface area contributed by atoms with Crippen LogP contribution in [0.1, 0.15) is 102 Å². The van der Waals surface area contributed by atoms with Gasteiger partial charge in [-0.3, -0.25) is 9.69 Å². The molecule has 0 spiro atoms. The summed E-state index contributed by atoms with van der Waals surface area (Å²) in [7, 11) is 0. The number of carbonyl (C=O) groups is 3. The van der Waals surface area contributed by atoms with Crippen molar-refractivity contribution >= 4 is 35.9 Å². The molecule has 13 atom stereocenters. The van der Waals surface area contributed by atoms with Crippen LogP contribution in [-0.4, -0.2) is 157 Å². The van der Waals surface area contributed by atoms with Crippen molar-refractivity contribution in [2.75, 3.05) is 24.7 Å². The number of nitrogens with two attached hydrogens (primary N) is 1. The lowest BCUT2D eigenvalue weighted by Crippen LogP contribution is -2.67. The number of carboxylic acids is 1. The van der Waals surface area contributed by atoms with Gasteiger partial charge in [0.15, 0.2) is 29.1 Å². The number of aldehydes is 1. The molecule has 1 saturated carbocycles.